The molecular formula is C13H16BrN5. The maximum atomic E-state index is 5.46. The lowest BCUT2D eigenvalue weighted by Crippen LogP contribution is -2.13. The van der Waals surface area contributed by atoms with E-state index in [9.17, 15) is 0 Å². The van der Waals surface area contributed by atoms with Crippen molar-refractivity contribution in [2.75, 3.05) is 10.7 Å². The smallest absolute Gasteiger partial charge is 0.148 e. The summed E-state index contributed by atoms with van der Waals surface area (Å²) in [6, 6.07) is 6.03. The van der Waals surface area contributed by atoms with Gasteiger partial charge in [0.2, 0.25) is 0 Å². The highest BCUT2D eigenvalue weighted by molar-refractivity contribution is 9.10. The zero-order valence-electron chi connectivity index (χ0n) is 11.1. The molecule has 0 aliphatic carbocycles. The van der Waals surface area contributed by atoms with Crippen LogP contribution in [0.1, 0.15) is 17.0 Å². The summed E-state index contributed by atoms with van der Waals surface area (Å²) in [5.74, 6) is 7.48. The molecule has 2 rings (SSSR count). The van der Waals surface area contributed by atoms with E-state index in [0.717, 1.165) is 27.1 Å². The van der Waals surface area contributed by atoms with Crippen molar-refractivity contribution >= 4 is 33.3 Å². The van der Waals surface area contributed by atoms with Crippen molar-refractivity contribution in [1.29, 1.82) is 0 Å². The van der Waals surface area contributed by atoms with Crippen LogP contribution in [-0.2, 0) is 0 Å². The van der Waals surface area contributed by atoms with E-state index in [1.54, 1.807) is 0 Å². The molecule has 0 saturated heterocycles. The van der Waals surface area contributed by atoms with Gasteiger partial charge in [0.1, 0.15) is 17.5 Å². The molecule has 0 saturated carbocycles. The zero-order chi connectivity index (χ0) is 14.0. The van der Waals surface area contributed by atoms with Gasteiger partial charge in [0, 0.05) is 10.0 Å². The molecule has 0 radical (unpaired) electrons. The highest BCUT2D eigenvalue weighted by Gasteiger charge is 2.10. The molecule has 0 amide bonds. The molecule has 2 aromatic rings. The van der Waals surface area contributed by atoms with Gasteiger partial charge >= 0.3 is 0 Å². The third-order valence-corrected chi connectivity index (χ3v) is 3.89. The molecule has 0 aliphatic heterocycles. The monoisotopic (exact) mass is 321 g/mol. The van der Waals surface area contributed by atoms with Gasteiger partial charge in [-0.15, -0.1) is 0 Å². The molecule has 0 spiro atoms. The largest absolute Gasteiger partial charge is 0.339 e. The van der Waals surface area contributed by atoms with Gasteiger partial charge in [-0.2, -0.15) is 0 Å². The second kappa shape index (κ2) is 5.54. The minimum absolute atomic E-state index is 0.624. The van der Waals surface area contributed by atoms with Gasteiger partial charge in [-0.05, 0) is 48.3 Å². The third-order valence-electron chi connectivity index (χ3n) is 2.84. The molecular weight excluding hydrogens is 306 g/mol. The number of halogens is 1. The van der Waals surface area contributed by atoms with Crippen molar-refractivity contribution in [1.82, 2.24) is 9.97 Å². The number of aromatic nitrogens is 2. The highest BCUT2D eigenvalue weighted by atomic mass is 79.9. The quantitative estimate of drug-likeness (QED) is 0.598. The summed E-state index contributed by atoms with van der Waals surface area (Å²) in [6.45, 7) is 5.79. The summed E-state index contributed by atoms with van der Waals surface area (Å²) in [4.78, 5) is 8.64. The van der Waals surface area contributed by atoms with E-state index in [0.29, 0.717) is 11.6 Å². The van der Waals surface area contributed by atoms with Crippen LogP contribution in [0, 0.1) is 20.8 Å². The van der Waals surface area contributed by atoms with E-state index in [4.69, 9.17) is 5.84 Å². The zero-order valence-corrected chi connectivity index (χ0v) is 12.7. The first-order valence-electron chi connectivity index (χ1n) is 5.87. The van der Waals surface area contributed by atoms with Crippen molar-refractivity contribution < 1.29 is 0 Å². The lowest BCUT2D eigenvalue weighted by Gasteiger charge is -2.14. The number of anilines is 3. The molecule has 0 fully saturated rings. The van der Waals surface area contributed by atoms with E-state index in [-0.39, 0.29) is 0 Å². The number of nitrogens with two attached hydrogens (primary N) is 1. The molecule has 0 atom stereocenters. The van der Waals surface area contributed by atoms with Crippen LogP contribution < -0.4 is 16.6 Å². The Morgan fingerprint density at radius 1 is 1.11 bits per heavy atom. The van der Waals surface area contributed by atoms with Crippen LogP contribution in [0.4, 0.5) is 17.3 Å². The van der Waals surface area contributed by atoms with Gasteiger partial charge < -0.3 is 10.7 Å². The topological polar surface area (TPSA) is 75.9 Å². The maximum Gasteiger partial charge on any atom is 0.148 e. The molecule has 19 heavy (non-hydrogen) atoms. The van der Waals surface area contributed by atoms with Gasteiger partial charge in [0.05, 0.1) is 5.69 Å². The minimum atomic E-state index is 0.624. The molecule has 100 valence electrons. The average molecular weight is 322 g/mol. The number of aryl methyl sites for hydroxylation is 2. The SMILES string of the molecule is Cc1nc(NN)c(C)c(Nc2cccc(C)c2Br)n1. The van der Waals surface area contributed by atoms with E-state index in [2.05, 4.69) is 36.6 Å². The second-order valence-electron chi connectivity index (χ2n) is 4.30. The Labute approximate surface area is 120 Å². The summed E-state index contributed by atoms with van der Waals surface area (Å²) in [7, 11) is 0. The Hall–Kier alpha value is -1.66. The van der Waals surface area contributed by atoms with Crippen molar-refractivity contribution in [2.45, 2.75) is 20.8 Å². The number of benzene rings is 1. The normalized spacial score (nSPS) is 10.4. The Kier molecular flexibility index (Phi) is 4.01. The van der Waals surface area contributed by atoms with Crippen molar-refractivity contribution in [3.05, 3.63) is 39.6 Å². The van der Waals surface area contributed by atoms with Gasteiger partial charge in [0.25, 0.3) is 0 Å². The lowest BCUT2D eigenvalue weighted by molar-refractivity contribution is 1.03. The Morgan fingerprint density at radius 2 is 1.79 bits per heavy atom. The first kappa shape index (κ1) is 13.8. The van der Waals surface area contributed by atoms with Crippen LogP contribution in [0.3, 0.4) is 0 Å². The van der Waals surface area contributed by atoms with Crippen molar-refractivity contribution in [3.8, 4) is 0 Å². The van der Waals surface area contributed by atoms with Gasteiger partial charge in [-0.25, -0.2) is 15.8 Å². The highest BCUT2D eigenvalue weighted by Crippen LogP contribution is 2.30. The average Bonchev–Trinajstić information content (AvgIpc) is 2.38. The number of hydrazine groups is 1. The minimum Gasteiger partial charge on any atom is -0.339 e. The van der Waals surface area contributed by atoms with Crippen molar-refractivity contribution in [2.24, 2.45) is 5.84 Å². The van der Waals surface area contributed by atoms with Crippen LogP contribution in [0.25, 0.3) is 0 Å². The fourth-order valence-corrected chi connectivity index (χ4v) is 2.13. The summed E-state index contributed by atoms with van der Waals surface area (Å²) in [6.07, 6.45) is 0. The lowest BCUT2D eigenvalue weighted by atomic mass is 10.2. The molecule has 4 N–H and O–H groups in total. The number of nitrogens with one attached hydrogen (secondary N) is 2. The molecule has 0 aliphatic rings. The Morgan fingerprint density at radius 3 is 2.47 bits per heavy atom. The Bertz CT molecular complexity index is 612. The van der Waals surface area contributed by atoms with E-state index < -0.39 is 0 Å². The number of nitrogen functional groups attached to an aromatic ring is 1. The van der Waals surface area contributed by atoms with Crippen LogP contribution in [0.15, 0.2) is 22.7 Å². The summed E-state index contributed by atoms with van der Waals surface area (Å²) in [5, 5.41) is 3.30. The first-order valence-corrected chi connectivity index (χ1v) is 6.66. The molecule has 0 unspecified atom stereocenters. The van der Waals surface area contributed by atoms with Gasteiger partial charge in [-0.1, -0.05) is 12.1 Å². The fraction of sp³-hybridized carbons (Fsp3) is 0.231. The predicted octanol–water partition coefficient (Wildman–Crippen LogP) is 3.19. The molecule has 1 heterocycles. The maximum absolute atomic E-state index is 5.46. The number of nitrogens with zero attached hydrogens (tertiary/aromatic N) is 2. The van der Waals surface area contributed by atoms with Crippen LogP contribution in [0.2, 0.25) is 0 Å². The van der Waals surface area contributed by atoms with E-state index in [1.165, 1.54) is 0 Å². The molecule has 0 bridgehead atoms. The van der Waals surface area contributed by atoms with Crippen LogP contribution in [0.5, 0.6) is 0 Å². The number of hydrogen-bond donors (Lipinski definition) is 3. The Balaban J connectivity index is 2.43. The number of hydrogen-bond acceptors (Lipinski definition) is 5. The van der Waals surface area contributed by atoms with Crippen LogP contribution >= 0.6 is 15.9 Å². The summed E-state index contributed by atoms with van der Waals surface area (Å²) >= 11 is 3.57. The van der Waals surface area contributed by atoms with Crippen molar-refractivity contribution in [3.63, 3.8) is 0 Å². The van der Waals surface area contributed by atoms with Gasteiger partial charge in [-0.3, -0.25) is 0 Å². The molecule has 5 nitrogen and oxygen atoms in total. The fourth-order valence-electron chi connectivity index (χ4n) is 1.76. The van der Waals surface area contributed by atoms with E-state index in [1.807, 2.05) is 39.0 Å². The second-order valence-corrected chi connectivity index (χ2v) is 5.09. The number of rotatable bonds is 3. The van der Waals surface area contributed by atoms with Crippen LogP contribution in [-0.4, -0.2) is 9.97 Å². The predicted molar refractivity (Wildman–Crippen MR) is 81.5 cm³/mol. The summed E-state index contributed by atoms with van der Waals surface area (Å²) < 4.78 is 1.02. The molecule has 1 aromatic carbocycles. The summed E-state index contributed by atoms with van der Waals surface area (Å²) in [5.41, 5.74) is 5.58. The molecule has 6 heteroatoms. The molecule has 1 aromatic heterocycles. The third kappa shape index (κ3) is 2.85. The van der Waals surface area contributed by atoms with Gasteiger partial charge in [0.15, 0.2) is 0 Å². The van der Waals surface area contributed by atoms with E-state index >= 15 is 0 Å². The standard InChI is InChI=1S/C13H16BrN5/c1-7-5-4-6-10(11(7)14)18-12-8(2)13(19-15)17-9(3)16-12/h4-6H,15H2,1-3H3,(H2,16,17,18,19). The first-order chi connectivity index (χ1) is 9.02.